The number of H-pyrrole nitrogens is 1. The first-order valence-electron chi connectivity index (χ1n) is 10.0. The van der Waals surface area contributed by atoms with Crippen LogP contribution in [0.1, 0.15) is 50.8 Å². The summed E-state index contributed by atoms with van der Waals surface area (Å²) >= 11 is 0. The molecule has 2 bridgehead atoms. The molecular formula is C21H24N6O. The lowest BCUT2D eigenvalue weighted by Gasteiger charge is -2.54. The van der Waals surface area contributed by atoms with E-state index in [1.807, 2.05) is 6.20 Å². The van der Waals surface area contributed by atoms with Crippen LogP contribution in [0.25, 0.3) is 22.1 Å². The summed E-state index contributed by atoms with van der Waals surface area (Å²) in [7, 11) is 1.66. The van der Waals surface area contributed by atoms with E-state index in [0.29, 0.717) is 6.42 Å². The standard InChI is InChI=1S/C21H24N6O/c1-23-17(28)12-16-26-15-13-25-19-14(2-11-24-19)18(15)27(16)21-6-3-20(4-7-21,5-8-21)9-10-22/h2,11,13H,3-9,12H2,1H3,(H,23,28)(H,24,25). The van der Waals surface area contributed by atoms with Gasteiger partial charge in [0, 0.05) is 30.6 Å². The van der Waals surface area contributed by atoms with Crippen LogP contribution in [-0.4, -0.2) is 32.5 Å². The number of amides is 1. The lowest BCUT2D eigenvalue weighted by Crippen LogP contribution is -2.48. The summed E-state index contributed by atoms with van der Waals surface area (Å²) in [6.45, 7) is 0. The molecular weight excluding hydrogens is 352 g/mol. The molecule has 28 heavy (non-hydrogen) atoms. The average Bonchev–Trinajstić information content (AvgIpc) is 3.33. The highest BCUT2D eigenvalue weighted by molar-refractivity contribution is 6.01. The molecule has 0 saturated heterocycles. The number of hydrogen-bond donors (Lipinski definition) is 2. The predicted molar refractivity (Wildman–Crippen MR) is 105 cm³/mol. The molecule has 0 unspecified atom stereocenters. The minimum absolute atomic E-state index is 0.0269. The first kappa shape index (κ1) is 17.2. The SMILES string of the molecule is CNC(=O)Cc1nc2cnc3[nH]ccc3c2n1C12CCC(CC#N)(CC1)CC2. The minimum atomic E-state index is -0.0309. The fourth-order valence-electron chi connectivity index (χ4n) is 5.49. The van der Waals surface area contributed by atoms with Crippen molar-refractivity contribution in [2.75, 3.05) is 7.05 Å². The van der Waals surface area contributed by atoms with Crippen LogP contribution in [0.15, 0.2) is 18.5 Å². The maximum absolute atomic E-state index is 12.2. The van der Waals surface area contributed by atoms with Crippen molar-refractivity contribution >= 4 is 28.0 Å². The number of rotatable bonds is 4. The smallest absolute Gasteiger partial charge is 0.227 e. The number of hydrogen-bond acceptors (Lipinski definition) is 4. The van der Waals surface area contributed by atoms with Crippen molar-refractivity contribution in [1.82, 2.24) is 24.8 Å². The lowest BCUT2D eigenvalue weighted by atomic mass is 9.56. The van der Waals surface area contributed by atoms with E-state index < -0.39 is 0 Å². The Bertz CT molecular complexity index is 1090. The fourth-order valence-corrected chi connectivity index (χ4v) is 5.49. The molecule has 3 aromatic rings. The molecule has 7 nitrogen and oxygen atoms in total. The molecule has 3 heterocycles. The number of likely N-dealkylation sites (N-methyl/N-ethyl adjacent to an activating group) is 1. The van der Waals surface area contributed by atoms with Gasteiger partial charge in [-0.05, 0) is 50.0 Å². The zero-order valence-corrected chi connectivity index (χ0v) is 16.1. The van der Waals surface area contributed by atoms with Gasteiger partial charge < -0.3 is 14.9 Å². The molecule has 0 atom stereocenters. The van der Waals surface area contributed by atoms with Crippen molar-refractivity contribution in [2.24, 2.45) is 5.41 Å². The molecule has 0 aliphatic heterocycles. The zero-order valence-electron chi connectivity index (χ0n) is 16.1. The second kappa shape index (κ2) is 6.06. The Morgan fingerprint density at radius 2 is 2.07 bits per heavy atom. The Hall–Kier alpha value is -2.88. The number of aromatic amines is 1. The summed E-state index contributed by atoms with van der Waals surface area (Å²) in [6, 6.07) is 4.46. The van der Waals surface area contributed by atoms with Crippen molar-refractivity contribution < 1.29 is 4.79 Å². The number of aromatic nitrogens is 4. The van der Waals surface area contributed by atoms with Gasteiger partial charge in [-0.25, -0.2) is 9.97 Å². The van der Waals surface area contributed by atoms with Crippen LogP contribution in [0.4, 0.5) is 0 Å². The third kappa shape index (κ3) is 2.37. The molecule has 0 spiro atoms. The number of nitriles is 1. The largest absolute Gasteiger partial charge is 0.359 e. The molecule has 144 valence electrons. The molecule has 3 aromatic heterocycles. The minimum Gasteiger partial charge on any atom is -0.359 e. The van der Waals surface area contributed by atoms with E-state index >= 15 is 0 Å². The molecule has 1 amide bonds. The normalized spacial score (nSPS) is 26.6. The molecule has 7 heteroatoms. The van der Waals surface area contributed by atoms with Crippen LogP contribution in [0.2, 0.25) is 0 Å². The van der Waals surface area contributed by atoms with Gasteiger partial charge in [-0.15, -0.1) is 0 Å². The first-order valence-corrected chi connectivity index (χ1v) is 10.0. The number of imidazole rings is 1. The maximum atomic E-state index is 12.2. The van der Waals surface area contributed by atoms with Gasteiger partial charge in [0.1, 0.15) is 17.0 Å². The molecule has 0 aromatic carbocycles. The predicted octanol–water partition coefficient (Wildman–Crippen LogP) is 3.16. The van der Waals surface area contributed by atoms with Crippen LogP contribution in [0.5, 0.6) is 0 Å². The molecule has 3 aliphatic carbocycles. The van der Waals surface area contributed by atoms with Crippen molar-refractivity contribution in [3.63, 3.8) is 0 Å². The van der Waals surface area contributed by atoms with Crippen LogP contribution in [0.3, 0.4) is 0 Å². The van der Waals surface area contributed by atoms with E-state index in [2.05, 4.69) is 32.0 Å². The van der Waals surface area contributed by atoms with E-state index in [1.54, 1.807) is 13.2 Å². The summed E-state index contributed by atoms with van der Waals surface area (Å²) in [5, 5.41) is 13.1. The van der Waals surface area contributed by atoms with Crippen molar-refractivity contribution in [2.45, 2.75) is 56.9 Å². The molecule has 3 saturated carbocycles. The molecule has 3 aliphatic rings. The van der Waals surface area contributed by atoms with E-state index in [0.717, 1.165) is 66.4 Å². The van der Waals surface area contributed by atoms with Gasteiger partial charge in [-0.1, -0.05) is 0 Å². The van der Waals surface area contributed by atoms with Gasteiger partial charge in [0.15, 0.2) is 0 Å². The van der Waals surface area contributed by atoms with Gasteiger partial charge in [0.05, 0.1) is 24.2 Å². The number of pyridine rings is 1. The van der Waals surface area contributed by atoms with Gasteiger partial charge >= 0.3 is 0 Å². The highest BCUT2D eigenvalue weighted by Crippen LogP contribution is 2.58. The number of nitrogens with zero attached hydrogens (tertiary/aromatic N) is 4. The van der Waals surface area contributed by atoms with Crippen molar-refractivity contribution in [3.8, 4) is 6.07 Å². The first-order chi connectivity index (χ1) is 13.6. The Balaban J connectivity index is 1.69. The summed E-state index contributed by atoms with van der Waals surface area (Å²) in [4.78, 5) is 24.8. The summed E-state index contributed by atoms with van der Waals surface area (Å²) in [5.41, 5.74) is 2.95. The van der Waals surface area contributed by atoms with Crippen LogP contribution < -0.4 is 5.32 Å². The van der Waals surface area contributed by atoms with E-state index in [9.17, 15) is 10.1 Å². The topological polar surface area (TPSA) is 99.4 Å². The maximum Gasteiger partial charge on any atom is 0.227 e. The average molecular weight is 376 g/mol. The second-order valence-electron chi connectivity index (χ2n) is 8.50. The number of nitrogens with one attached hydrogen (secondary N) is 2. The highest BCUT2D eigenvalue weighted by atomic mass is 16.1. The van der Waals surface area contributed by atoms with E-state index in [-0.39, 0.29) is 23.3 Å². The Kier molecular flexibility index (Phi) is 3.73. The number of carbonyl (C=O) groups excluding carboxylic acids is 1. The summed E-state index contributed by atoms with van der Waals surface area (Å²) in [6.07, 6.45) is 11.0. The number of fused-ring (bicyclic) bond motifs is 6. The fraction of sp³-hybridized carbons (Fsp3) is 0.524. The Morgan fingerprint density at radius 1 is 1.32 bits per heavy atom. The third-order valence-electron chi connectivity index (χ3n) is 7.16. The van der Waals surface area contributed by atoms with Crippen molar-refractivity contribution in [3.05, 3.63) is 24.3 Å². The summed E-state index contributed by atoms with van der Waals surface area (Å²) in [5.74, 6) is 0.788. The molecule has 6 rings (SSSR count). The van der Waals surface area contributed by atoms with Crippen LogP contribution >= 0.6 is 0 Å². The lowest BCUT2D eigenvalue weighted by molar-refractivity contribution is -0.120. The van der Waals surface area contributed by atoms with E-state index in [4.69, 9.17) is 4.98 Å². The molecule has 2 N–H and O–H groups in total. The monoisotopic (exact) mass is 376 g/mol. The molecule has 3 fully saturated rings. The van der Waals surface area contributed by atoms with E-state index in [1.165, 1.54) is 0 Å². The van der Waals surface area contributed by atoms with Crippen LogP contribution in [-0.2, 0) is 16.8 Å². The third-order valence-corrected chi connectivity index (χ3v) is 7.16. The Labute approximate surface area is 163 Å². The highest BCUT2D eigenvalue weighted by Gasteiger charge is 2.50. The summed E-state index contributed by atoms with van der Waals surface area (Å²) < 4.78 is 2.37. The van der Waals surface area contributed by atoms with Gasteiger partial charge in [-0.3, -0.25) is 4.79 Å². The van der Waals surface area contributed by atoms with Crippen LogP contribution in [0, 0.1) is 16.7 Å². The Morgan fingerprint density at radius 3 is 2.75 bits per heavy atom. The quantitative estimate of drug-likeness (QED) is 0.730. The van der Waals surface area contributed by atoms with Gasteiger partial charge in [-0.2, -0.15) is 5.26 Å². The van der Waals surface area contributed by atoms with Crippen molar-refractivity contribution in [1.29, 1.82) is 5.26 Å². The van der Waals surface area contributed by atoms with Gasteiger partial charge in [0.25, 0.3) is 0 Å². The second-order valence-corrected chi connectivity index (χ2v) is 8.50. The van der Waals surface area contributed by atoms with Gasteiger partial charge in [0.2, 0.25) is 5.91 Å². The number of carbonyl (C=O) groups is 1. The zero-order chi connectivity index (χ0) is 19.4. The molecule has 0 radical (unpaired) electrons.